The number of aryl methyl sites for hydroxylation is 1. The molecule has 0 amide bonds. The van der Waals surface area contributed by atoms with Gasteiger partial charge < -0.3 is 24.2 Å². The van der Waals surface area contributed by atoms with E-state index >= 15 is 0 Å². The van der Waals surface area contributed by atoms with E-state index in [1.165, 1.54) is 5.56 Å². The first-order valence-corrected chi connectivity index (χ1v) is 18.1. The zero-order valence-electron chi connectivity index (χ0n) is 28.7. The molecule has 4 aromatic rings. The van der Waals surface area contributed by atoms with Crippen LogP contribution in [0.4, 0.5) is 5.95 Å². The van der Waals surface area contributed by atoms with Crippen LogP contribution in [0, 0.1) is 6.92 Å². The molecule has 0 radical (unpaired) electrons. The zero-order valence-corrected chi connectivity index (χ0v) is 29.5. The fraction of sp³-hybridized carbons (Fsp3) is 0.526. The topological polar surface area (TPSA) is 107 Å². The Balaban J connectivity index is 1.42. The highest BCUT2D eigenvalue weighted by Gasteiger charge is 2.34. The van der Waals surface area contributed by atoms with Crippen molar-refractivity contribution in [1.82, 2.24) is 15.0 Å². The number of thiazole rings is 1. The number of hydrogen-bond donors (Lipinski definition) is 1. The summed E-state index contributed by atoms with van der Waals surface area (Å²) in [5, 5.41) is 11.4. The second kappa shape index (κ2) is 13.0. The molecule has 10 heteroatoms. The Hall–Kier alpha value is -3.60. The number of hydrogen-bond acceptors (Lipinski definition) is 9. The van der Waals surface area contributed by atoms with E-state index < -0.39 is 17.7 Å². The van der Waals surface area contributed by atoms with Crippen LogP contribution in [0.15, 0.2) is 36.5 Å². The van der Waals surface area contributed by atoms with Crippen LogP contribution in [0.25, 0.3) is 32.0 Å². The van der Waals surface area contributed by atoms with Crippen molar-refractivity contribution in [3.05, 3.63) is 53.2 Å². The van der Waals surface area contributed by atoms with Crippen LogP contribution < -0.4 is 9.64 Å². The van der Waals surface area contributed by atoms with Crippen LogP contribution >= 0.6 is 11.3 Å². The molecule has 2 aromatic heterocycles. The Morgan fingerprint density at radius 2 is 1.90 bits per heavy atom. The molecule has 9 nitrogen and oxygen atoms in total. The van der Waals surface area contributed by atoms with Gasteiger partial charge in [0.15, 0.2) is 6.10 Å². The summed E-state index contributed by atoms with van der Waals surface area (Å²) in [6.45, 7) is 13.0. The number of carboxylic acids is 1. The normalized spacial score (nSPS) is 22.3. The molecule has 48 heavy (non-hydrogen) atoms. The molecule has 8 rings (SSSR count). The molecule has 0 spiro atoms. The van der Waals surface area contributed by atoms with E-state index in [1.807, 2.05) is 46.0 Å². The molecule has 1 saturated heterocycles. The molecule has 1 N–H and O–H groups in total. The van der Waals surface area contributed by atoms with Gasteiger partial charge in [0.2, 0.25) is 5.95 Å². The van der Waals surface area contributed by atoms with Crippen molar-refractivity contribution in [1.29, 1.82) is 0 Å². The second-order valence-corrected chi connectivity index (χ2v) is 15.8. The van der Waals surface area contributed by atoms with E-state index in [1.54, 1.807) is 11.3 Å². The van der Waals surface area contributed by atoms with Gasteiger partial charge in [0.25, 0.3) is 0 Å². The molecular formula is C38H46N4O5S. The number of carboxylic acid groups (broad SMARTS) is 1. The van der Waals surface area contributed by atoms with Gasteiger partial charge in [0, 0.05) is 37.0 Å². The highest BCUT2D eigenvalue weighted by atomic mass is 32.1. The zero-order chi connectivity index (χ0) is 33.6. The summed E-state index contributed by atoms with van der Waals surface area (Å²) in [6.07, 6.45) is 7.81. The van der Waals surface area contributed by atoms with Crippen molar-refractivity contribution in [2.45, 2.75) is 103 Å². The first-order valence-electron chi connectivity index (χ1n) is 17.3. The Morgan fingerprint density at radius 3 is 2.67 bits per heavy atom. The number of nitrogens with zero attached hydrogens (tertiary/aromatic N) is 4. The van der Waals surface area contributed by atoms with E-state index in [0.717, 1.165) is 108 Å². The number of piperidine rings is 1. The van der Waals surface area contributed by atoms with E-state index in [9.17, 15) is 9.90 Å². The fourth-order valence-corrected chi connectivity index (χ4v) is 8.48. The monoisotopic (exact) mass is 670 g/mol. The summed E-state index contributed by atoms with van der Waals surface area (Å²) >= 11 is 1.54. The van der Waals surface area contributed by atoms with Crippen LogP contribution in [-0.2, 0) is 14.3 Å². The molecule has 2 aromatic carbocycles. The van der Waals surface area contributed by atoms with Gasteiger partial charge in [-0.15, -0.1) is 11.3 Å². The summed E-state index contributed by atoms with van der Waals surface area (Å²) in [4.78, 5) is 30.0. The Morgan fingerprint density at radius 1 is 1.08 bits per heavy atom. The van der Waals surface area contributed by atoms with Gasteiger partial charge in [-0.05, 0) is 114 Å². The van der Waals surface area contributed by atoms with Crippen LogP contribution in [0.2, 0.25) is 0 Å². The Bertz CT molecular complexity index is 1820. The van der Waals surface area contributed by atoms with Crippen LogP contribution in [0.1, 0.15) is 101 Å². The van der Waals surface area contributed by atoms with Crippen molar-refractivity contribution in [3.8, 4) is 27.6 Å². The maximum atomic E-state index is 13.0. The number of rotatable bonds is 3. The molecule has 254 valence electrons. The number of benzene rings is 2. The minimum absolute atomic E-state index is 0.133. The van der Waals surface area contributed by atoms with Gasteiger partial charge in [0.1, 0.15) is 16.5 Å². The minimum Gasteiger partial charge on any atom is -0.493 e. The third-order valence-corrected chi connectivity index (χ3v) is 11.1. The van der Waals surface area contributed by atoms with Crippen molar-refractivity contribution >= 4 is 33.5 Å². The largest absolute Gasteiger partial charge is 0.493 e. The number of fused-ring (bicyclic) bond motifs is 7. The molecule has 1 fully saturated rings. The Labute approximate surface area is 286 Å². The maximum absolute atomic E-state index is 13.0. The lowest BCUT2D eigenvalue weighted by Crippen LogP contribution is -2.45. The average molecular weight is 671 g/mol. The molecule has 0 saturated carbocycles. The van der Waals surface area contributed by atoms with Crippen molar-refractivity contribution in [2.24, 2.45) is 0 Å². The van der Waals surface area contributed by atoms with Gasteiger partial charge in [-0.3, -0.25) is 0 Å². The first-order chi connectivity index (χ1) is 23.0. The summed E-state index contributed by atoms with van der Waals surface area (Å²) in [7, 11) is 0. The number of aromatic nitrogens is 3. The quantitative estimate of drug-likeness (QED) is 0.230. The molecule has 8 bridgehead atoms. The Kier molecular flexibility index (Phi) is 8.93. The lowest BCUT2D eigenvalue weighted by Gasteiger charge is -2.39. The molecule has 4 aliphatic rings. The summed E-state index contributed by atoms with van der Waals surface area (Å²) in [5.74, 6) is 0.964. The third-order valence-electron chi connectivity index (χ3n) is 9.96. The highest BCUT2D eigenvalue weighted by molar-refractivity contribution is 7.22. The SMILES string of the molecule is Cc1cc2nc3sc2c(c1[C@H](OC(C)(C)C)C(=O)O)-c1ccc2c(c1)C(CCCCCOC1(C)CCN(CC1)c1nccc-3n1)CCO2. The first kappa shape index (κ1) is 32.9. The molecule has 0 aliphatic carbocycles. The predicted molar refractivity (Wildman–Crippen MR) is 189 cm³/mol. The molecule has 6 heterocycles. The predicted octanol–water partition coefficient (Wildman–Crippen LogP) is 8.49. The smallest absolute Gasteiger partial charge is 0.337 e. The maximum Gasteiger partial charge on any atom is 0.337 e. The van der Waals surface area contributed by atoms with E-state index in [0.29, 0.717) is 24.0 Å². The molecule has 1 unspecified atom stereocenters. The molecule has 4 aliphatic heterocycles. The lowest BCUT2D eigenvalue weighted by atomic mass is 9.85. The van der Waals surface area contributed by atoms with E-state index in [-0.39, 0.29) is 5.60 Å². The average Bonchev–Trinajstić information content (AvgIpc) is 3.48. The van der Waals surface area contributed by atoms with Crippen molar-refractivity contribution < 1.29 is 24.1 Å². The highest BCUT2D eigenvalue weighted by Crippen LogP contribution is 2.47. The lowest BCUT2D eigenvalue weighted by molar-refractivity contribution is -0.160. The minimum atomic E-state index is -1.16. The standard InChI is InChI=1S/C38H46N4O5S/c1-23-21-28-33-31(30(23)32(35(43)44)47-37(2,3)4)25-10-11-29-26(22-25)24(13-20-45-29)9-7-6-8-19-46-38(5)14-17-42(18-15-38)36-39-16-12-27(41-36)34(40-28)48-33/h10-12,16,21-22,24,32H,6-9,13-15,17-20H2,1-5H3,(H,43,44)/t24?,32-/m0/s1. The third kappa shape index (κ3) is 6.67. The number of anilines is 1. The molecule has 2 atom stereocenters. The fourth-order valence-electron chi connectivity index (χ4n) is 7.38. The van der Waals surface area contributed by atoms with Gasteiger partial charge in [0.05, 0.1) is 28.0 Å². The molecular weight excluding hydrogens is 625 g/mol. The van der Waals surface area contributed by atoms with Gasteiger partial charge in [-0.1, -0.05) is 18.9 Å². The number of carbonyl (C=O) groups is 1. The van der Waals surface area contributed by atoms with Crippen molar-refractivity contribution in [3.63, 3.8) is 0 Å². The summed E-state index contributed by atoms with van der Waals surface area (Å²) in [6, 6.07) is 10.3. The van der Waals surface area contributed by atoms with Crippen LogP contribution in [0.3, 0.4) is 0 Å². The van der Waals surface area contributed by atoms with Gasteiger partial charge in [-0.2, -0.15) is 0 Å². The van der Waals surface area contributed by atoms with E-state index in [4.69, 9.17) is 24.2 Å². The van der Waals surface area contributed by atoms with Gasteiger partial charge in [-0.25, -0.2) is 19.7 Å². The second-order valence-electron chi connectivity index (χ2n) is 14.8. The summed E-state index contributed by atoms with van der Waals surface area (Å²) < 4.78 is 19.9. The number of ether oxygens (including phenoxy) is 3. The summed E-state index contributed by atoms with van der Waals surface area (Å²) in [5.41, 5.74) is 5.23. The van der Waals surface area contributed by atoms with Crippen LogP contribution in [-0.4, -0.2) is 63.5 Å². The van der Waals surface area contributed by atoms with E-state index in [2.05, 4.69) is 35.0 Å². The van der Waals surface area contributed by atoms with Crippen molar-refractivity contribution in [2.75, 3.05) is 31.2 Å². The number of aliphatic carboxylic acids is 1. The van der Waals surface area contributed by atoms with Crippen LogP contribution in [0.5, 0.6) is 5.75 Å². The van der Waals surface area contributed by atoms with Gasteiger partial charge >= 0.3 is 5.97 Å².